The number of halogens is 1. The van der Waals surface area contributed by atoms with Gasteiger partial charge in [0.2, 0.25) is 0 Å². The van der Waals surface area contributed by atoms with E-state index in [1.54, 1.807) is 6.07 Å². The van der Waals surface area contributed by atoms with Gasteiger partial charge in [0.05, 0.1) is 10.4 Å². The number of rotatable bonds is 9. The molecule has 0 fully saturated rings. The number of nitrogens with zero attached hydrogens (tertiary/aromatic N) is 2. The molecule has 1 atom stereocenters. The molecule has 37 heavy (non-hydrogen) atoms. The zero-order chi connectivity index (χ0) is 26.0. The molecule has 5 aromatic rings. The second kappa shape index (κ2) is 10.2. The van der Waals surface area contributed by atoms with Crippen molar-refractivity contribution in [2.24, 2.45) is 0 Å². The van der Waals surface area contributed by atoms with Crippen LogP contribution in [-0.4, -0.2) is 27.7 Å². The van der Waals surface area contributed by atoms with Crippen LogP contribution in [-0.2, 0) is 12.3 Å². The Morgan fingerprint density at radius 3 is 2.49 bits per heavy atom. The lowest BCUT2D eigenvalue weighted by atomic mass is 10.0. The molecule has 1 unspecified atom stereocenters. The molecule has 0 spiro atoms. The van der Waals surface area contributed by atoms with Crippen LogP contribution < -0.4 is 10.1 Å². The molecule has 0 radical (unpaired) electrons. The van der Waals surface area contributed by atoms with Crippen molar-refractivity contribution in [1.29, 1.82) is 0 Å². The molecule has 188 valence electrons. The third-order valence-corrected chi connectivity index (χ3v) is 6.79. The zero-order valence-corrected chi connectivity index (χ0v) is 21.0. The number of nitro groups is 1. The van der Waals surface area contributed by atoms with Gasteiger partial charge in [0.15, 0.2) is 0 Å². The normalized spacial score (nSPS) is 13.1. The lowest BCUT2D eigenvalue weighted by Gasteiger charge is -2.25. The van der Waals surface area contributed by atoms with Crippen LogP contribution in [0.15, 0.2) is 91.0 Å². The van der Waals surface area contributed by atoms with Crippen LogP contribution in [0.25, 0.3) is 21.8 Å². The summed E-state index contributed by atoms with van der Waals surface area (Å²) in [4.78, 5) is 10.6. The monoisotopic (exact) mass is 515 g/mol. The Morgan fingerprint density at radius 2 is 1.70 bits per heavy atom. The van der Waals surface area contributed by atoms with E-state index >= 15 is 0 Å². The van der Waals surface area contributed by atoms with Crippen molar-refractivity contribution >= 4 is 39.1 Å². The van der Waals surface area contributed by atoms with E-state index in [4.69, 9.17) is 16.3 Å². The molecule has 0 aliphatic heterocycles. The summed E-state index contributed by atoms with van der Waals surface area (Å²) in [5.41, 5.74) is 2.05. The Labute approximate surface area is 219 Å². The standard InChI is InChI=1S/C29H26ClN3O4/c1-29(34,21-11-14-25(30)28(17-21)33(35)36)31-15-16-37-22-12-13-24-23-9-5-6-10-26(23)32(27(24)18-22)19-20-7-3-2-4-8-20/h2-14,17-18,31,34H,15-16,19H2,1H3. The van der Waals surface area contributed by atoms with Crippen LogP contribution in [0.5, 0.6) is 5.75 Å². The summed E-state index contributed by atoms with van der Waals surface area (Å²) in [5.74, 6) is 0.716. The summed E-state index contributed by atoms with van der Waals surface area (Å²) in [7, 11) is 0. The van der Waals surface area contributed by atoms with Crippen LogP contribution >= 0.6 is 11.6 Å². The molecule has 4 aromatic carbocycles. The van der Waals surface area contributed by atoms with Crippen LogP contribution in [0.2, 0.25) is 5.02 Å². The number of fused-ring (bicyclic) bond motifs is 3. The Balaban J connectivity index is 1.32. The molecule has 5 rings (SSSR count). The first-order valence-electron chi connectivity index (χ1n) is 11.9. The molecule has 0 saturated heterocycles. The highest BCUT2D eigenvalue weighted by molar-refractivity contribution is 6.32. The Hall–Kier alpha value is -3.91. The fraction of sp³-hybridized carbons (Fsp3) is 0.172. The number of aromatic nitrogens is 1. The van der Waals surface area contributed by atoms with E-state index in [0.29, 0.717) is 17.9 Å². The van der Waals surface area contributed by atoms with Crippen molar-refractivity contribution in [2.45, 2.75) is 19.2 Å². The average molecular weight is 516 g/mol. The third-order valence-electron chi connectivity index (χ3n) is 6.47. The van der Waals surface area contributed by atoms with Gasteiger partial charge in [0, 0.05) is 47.1 Å². The predicted molar refractivity (Wildman–Crippen MR) is 146 cm³/mol. The number of nitro benzene ring substituents is 1. The molecule has 0 bridgehead atoms. The smallest absolute Gasteiger partial charge is 0.288 e. The van der Waals surface area contributed by atoms with Gasteiger partial charge in [0.25, 0.3) is 5.69 Å². The van der Waals surface area contributed by atoms with Crippen LogP contribution in [0, 0.1) is 10.1 Å². The van der Waals surface area contributed by atoms with Crippen LogP contribution in [0.1, 0.15) is 18.1 Å². The lowest BCUT2D eigenvalue weighted by molar-refractivity contribution is -0.384. The first-order valence-corrected chi connectivity index (χ1v) is 12.3. The maximum atomic E-state index is 11.2. The average Bonchev–Trinajstić information content (AvgIpc) is 3.20. The molecular weight excluding hydrogens is 490 g/mol. The molecular formula is C29H26ClN3O4. The second-order valence-electron chi connectivity index (χ2n) is 9.04. The second-order valence-corrected chi connectivity index (χ2v) is 9.45. The first-order chi connectivity index (χ1) is 17.8. The Bertz CT molecular complexity index is 1580. The van der Waals surface area contributed by atoms with Crippen molar-refractivity contribution in [3.05, 3.63) is 117 Å². The molecule has 0 aliphatic carbocycles. The van der Waals surface area contributed by atoms with Gasteiger partial charge in [-0.1, -0.05) is 66.2 Å². The minimum absolute atomic E-state index is 0.0213. The van der Waals surface area contributed by atoms with Crippen molar-refractivity contribution in [1.82, 2.24) is 9.88 Å². The van der Waals surface area contributed by atoms with E-state index in [2.05, 4.69) is 40.2 Å². The summed E-state index contributed by atoms with van der Waals surface area (Å²) < 4.78 is 8.31. The molecule has 7 nitrogen and oxygen atoms in total. The van der Waals surface area contributed by atoms with Gasteiger partial charge >= 0.3 is 0 Å². The van der Waals surface area contributed by atoms with E-state index in [1.807, 2.05) is 42.5 Å². The third kappa shape index (κ3) is 5.15. The highest BCUT2D eigenvalue weighted by Gasteiger charge is 2.25. The molecule has 2 N–H and O–H groups in total. The number of nitrogens with one attached hydrogen (secondary N) is 1. The summed E-state index contributed by atoms with van der Waals surface area (Å²) in [5, 5.41) is 27.4. The maximum Gasteiger partial charge on any atom is 0.288 e. The minimum atomic E-state index is -1.50. The SMILES string of the molecule is CC(O)(NCCOc1ccc2c3ccccc3n(Cc3ccccc3)c2c1)c1ccc(Cl)c([N+](=O)[O-])c1. The van der Waals surface area contributed by atoms with Gasteiger partial charge < -0.3 is 14.4 Å². The Morgan fingerprint density at radius 1 is 0.973 bits per heavy atom. The number of hydrogen-bond donors (Lipinski definition) is 2. The number of ether oxygens (including phenoxy) is 1. The van der Waals surface area contributed by atoms with E-state index in [-0.39, 0.29) is 17.3 Å². The van der Waals surface area contributed by atoms with E-state index in [9.17, 15) is 15.2 Å². The molecule has 8 heteroatoms. The van der Waals surface area contributed by atoms with Crippen molar-refractivity contribution in [2.75, 3.05) is 13.2 Å². The van der Waals surface area contributed by atoms with Gasteiger partial charge in [-0.15, -0.1) is 0 Å². The van der Waals surface area contributed by atoms with E-state index in [1.165, 1.54) is 30.0 Å². The number of para-hydroxylation sites is 1. The van der Waals surface area contributed by atoms with Gasteiger partial charge in [-0.05, 0) is 36.8 Å². The molecule has 0 saturated carbocycles. The van der Waals surface area contributed by atoms with Crippen molar-refractivity contribution in [3.8, 4) is 5.75 Å². The summed E-state index contributed by atoms with van der Waals surface area (Å²) >= 11 is 5.89. The largest absolute Gasteiger partial charge is 0.492 e. The minimum Gasteiger partial charge on any atom is -0.492 e. The first kappa shape index (κ1) is 24.8. The van der Waals surface area contributed by atoms with Gasteiger partial charge in [0.1, 0.15) is 23.1 Å². The topological polar surface area (TPSA) is 89.6 Å². The summed E-state index contributed by atoms with van der Waals surface area (Å²) in [6, 6.07) is 29.0. The van der Waals surface area contributed by atoms with Gasteiger partial charge in [-0.25, -0.2) is 0 Å². The number of hydrogen-bond acceptors (Lipinski definition) is 5. The summed E-state index contributed by atoms with van der Waals surface area (Å²) in [6.07, 6.45) is 0. The van der Waals surface area contributed by atoms with Crippen molar-refractivity contribution < 1.29 is 14.8 Å². The predicted octanol–water partition coefficient (Wildman–Crippen LogP) is 6.24. The fourth-order valence-electron chi connectivity index (χ4n) is 4.58. The quantitative estimate of drug-likeness (QED) is 0.105. The molecule has 0 aliphatic rings. The maximum absolute atomic E-state index is 11.2. The van der Waals surface area contributed by atoms with Gasteiger partial charge in [-0.3, -0.25) is 15.4 Å². The molecule has 1 heterocycles. The number of aliphatic hydroxyl groups is 1. The zero-order valence-electron chi connectivity index (χ0n) is 20.2. The van der Waals surface area contributed by atoms with E-state index in [0.717, 1.165) is 23.0 Å². The fourth-order valence-corrected chi connectivity index (χ4v) is 4.76. The van der Waals surface area contributed by atoms with Crippen molar-refractivity contribution in [3.63, 3.8) is 0 Å². The van der Waals surface area contributed by atoms with E-state index < -0.39 is 10.6 Å². The lowest BCUT2D eigenvalue weighted by Crippen LogP contribution is -2.41. The highest BCUT2D eigenvalue weighted by Crippen LogP contribution is 2.32. The molecule has 0 amide bonds. The molecule has 1 aromatic heterocycles. The summed E-state index contributed by atoms with van der Waals surface area (Å²) in [6.45, 7) is 2.88. The highest BCUT2D eigenvalue weighted by atomic mass is 35.5. The Kier molecular flexibility index (Phi) is 6.84. The number of benzene rings is 4. The van der Waals surface area contributed by atoms with Crippen LogP contribution in [0.3, 0.4) is 0 Å². The van der Waals surface area contributed by atoms with Gasteiger partial charge in [-0.2, -0.15) is 0 Å². The van der Waals surface area contributed by atoms with Crippen LogP contribution in [0.4, 0.5) is 5.69 Å².